The highest BCUT2D eigenvalue weighted by atomic mass is 16.5. The molecule has 1 fully saturated rings. The predicted octanol–water partition coefficient (Wildman–Crippen LogP) is -0.660. The van der Waals surface area contributed by atoms with E-state index in [4.69, 9.17) is 4.74 Å². The standard InChI is InChI=1S/C12H19N3O5/c1-3-6-14-10(17)11(18)15(12(14)19)8-9(16)13-5-4-7-20-2/h3-8H2,1-2H3,(H,13,16). The largest absolute Gasteiger partial charge is 0.385 e. The summed E-state index contributed by atoms with van der Waals surface area (Å²) >= 11 is 0. The fraction of sp³-hybridized carbons (Fsp3) is 0.667. The third-order valence-electron chi connectivity index (χ3n) is 2.73. The van der Waals surface area contributed by atoms with Crippen molar-refractivity contribution in [2.45, 2.75) is 19.8 Å². The number of carbonyl (C=O) groups excluding carboxylic acids is 4. The number of hydrogen-bond donors (Lipinski definition) is 1. The fourth-order valence-corrected chi connectivity index (χ4v) is 1.75. The van der Waals surface area contributed by atoms with Gasteiger partial charge in [0.2, 0.25) is 5.91 Å². The Kier molecular flexibility index (Phi) is 6.10. The normalized spacial score (nSPS) is 15.2. The zero-order chi connectivity index (χ0) is 15.1. The summed E-state index contributed by atoms with van der Waals surface area (Å²) in [6.45, 7) is 2.42. The van der Waals surface area contributed by atoms with Crippen LogP contribution in [0.1, 0.15) is 19.8 Å². The highest BCUT2D eigenvalue weighted by Gasteiger charge is 2.44. The first kappa shape index (κ1) is 16.1. The molecule has 0 atom stereocenters. The minimum absolute atomic E-state index is 0.176. The minimum Gasteiger partial charge on any atom is -0.385 e. The van der Waals surface area contributed by atoms with Gasteiger partial charge in [0.05, 0.1) is 0 Å². The van der Waals surface area contributed by atoms with Crippen LogP contribution in [0.25, 0.3) is 0 Å². The molecule has 1 aliphatic heterocycles. The van der Waals surface area contributed by atoms with E-state index >= 15 is 0 Å². The quantitative estimate of drug-likeness (QED) is 0.363. The Labute approximate surface area is 117 Å². The second-order valence-corrected chi connectivity index (χ2v) is 4.33. The Morgan fingerprint density at radius 1 is 1.20 bits per heavy atom. The second-order valence-electron chi connectivity index (χ2n) is 4.33. The topological polar surface area (TPSA) is 96.0 Å². The summed E-state index contributed by atoms with van der Waals surface area (Å²) in [4.78, 5) is 48.2. The van der Waals surface area contributed by atoms with Gasteiger partial charge in [0, 0.05) is 26.8 Å². The number of imide groups is 2. The molecule has 5 amide bonds. The van der Waals surface area contributed by atoms with Crippen molar-refractivity contribution in [2.24, 2.45) is 0 Å². The van der Waals surface area contributed by atoms with Crippen LogP contribution in [0.5, 0.6) is 0 Å². The number of urea groups is 1. The molecule has 0 aliphatic carbocycles. The molecule has 1 heterocycles. The molecule has 0 aromatic heterocycles. The zero-order valence-corrected chi connectivity index (χ0v) is 11.7. The first-order valence-corrected chi connectivity index (χ1v) is 6.45. The summed E-state index contributed by atoms with van der Waals surface area (Å²) in [5, 5.41) is 2.55. The highest BCUT2D eigenvalue weighted by Crippen LogP contribution is 2.11. The summed E-state index contributed by atoms with van der Waals surface area (Å²) in [7, 11) is 1.55. The van der Waals surface area contributed by atoms with E-state index in [9.17, 15) is 19.2 Å². The highest BCUT2D eigenvalue weighted by molar-refractivity contribution is 6.45. The van der Waals surface area contributed by atoms with Crippen molar-refractivity contribution in [3.8, 4) is 0 Å². The van der Waals surface area contributed by atoms with Crippen molar-refractivity contribution in [1.82, 2.24) is 15.1 Å². The van der Waals surface area contributed by atoms with E-state index in [2.05, 4.69) is 5.32 Å². The maximum Gasteiger partial charge on any atom is 0.334 e. The molecular weight excluding hydrogens is 266 g/mol. The van der Waals surface area contributed by atoms with E-state index in [0.29, 0.717) is 30.9 Å². The lowest BCUT2D eigenvalue weighted by molar-refractivity contribution is -0.144. The van der Waals surface area contributed by atoms with E-state index in [1.54, 1.807) is 14.0 Å². The van der Waals surface area contributed by atoms with Crippen molar-refractivity contribution >= 4 is 23.8 Å². The van der Waals surface area contributed by atoms with Crippen LogP contribution >= 0.6 is 0 Å². The van der Waals surface area contributed by atoms with Crippen molar-refractivity contribution in [1.29, 1.82) is 0 Å². The number of ether oxygens (including phenoxy) is 1. The molecule has 0 aromatic rings. The van der Waals surface area contributed by atoms with Gasteiger partial charge < -0.3 is 10.1 Å². The molecule has 0 unspecified atom stereocenters. The van der Waals surface area contributed by atoms with E-state index in [0.717, 1.165) is 4.90 Å². The summed E-state index contributed by atoms with van der Waals surface area (Å²) in [5.74, 6) is -2.30. The number of rotatable bonds is 8. The van der Waals surface area contributed by atoms with Gasteiger partial charge in [0.25, 0.3) is 0 Å². The average molecular weight is 285 g/mol. The van der Waals surface area contributed by atoms with Crippen LogP contribution in [-0.2, 0) is 19.1 Å². The van der Waals surface area contributed by atoms with Crippen molar-refractivity contribution in [3.63, 3.8) is 0 Å². The van der Waals surface area contributed by atoms with Crippen molar-refractivity contribution in [2.75, 3.05) is 33.4 Å². The van der Waals surface area contributed by atoms with Gasteiger partial charge in [-0.3, -0.25) is 19.3 Å². The zero-order valence-electron chi connectivity index (χ0n) is 11.7. The molecule has 112 valence electrons. The summed E-state index contributed by atoms with van der Waals surface area (Å²) < 4.78 is 4.82. The predicted molar refractivity (Wildman–Crippen MR) is 68.6 cm³/mol. The molecule has 8 nitrogen and oxygen atoms in total. The number of hydrogen-bond acceptors (Lipinski definition) is 5. The van der Waals surface area contributed by atoms with E-state index in [1.165, 1.54) is 0 Å². The Hall–Kier alpha value is -1.96. The van der Waals surface area contributed by atoms with Crippen LogP contribution in [0, 0.1) is 0 Å². The molecule has 20 heavy (non-hydrogen) atoms. The monoisotopic (exact) mass is 285 g/mol. The first-order chi connectivity index (χ1) is 9.52. The van der Waals surface area contributed by atoms with Gasteiger partial charge in [-0.25, -0.2) is 9.69 Å². The Bertz CT molecular complexity index is 410. The number of methoxy groups -OCH3 is 1. The van der Waals surface area contributed by atoms with Gasteiger partial charge in [-0.15, -0.1) is 0 Å². The molecule has 0 aromatic carbocycles. The minimum atomic E-state index is -0.949. The van der Waals surface area contributed by atoms with Gasteiger partial charge >= 0.3 is 17.8 Å². The maximum atomic E-state index is 11.8. The van der Waals surface area contributed by atoms with Crippen LogP contribution in [0.2, 0.25) is 0 Å². The van der Waals surface area contributed by atoms with E-state index in [1.807, 2.05) is 0 Å². The number of nitrogens with zero attached hydrogens (tertiary/aromatic N) is 2. The number of amides is 5. The lowest BCUT2D eigenvalue weighted by Crippen LogP contribution is -2.41. The van der Waals surface area contributed by atoms with Crippen LogP contribution < -0.4 is 5.32 Å². The Morgan fingerprint density at radius 3 is 2.45 bits per heavy atom. The van der Waals surface area contributed by atoms with E-state index in [-0.39, 0.29) is 6.54 Å². The van der Waals surface area contributed by atoms with Gasteiger partial charge in [0.15, 0.2) is 0 Å². The van der Waals surface area contributed by atoms with Crippen LogP contribution in [0.3, 0.4) is 0 Å². The van der Waals surface area contributed by atoms with Gasteiger partial charge in [-0.2, -0.15) is 0 Å². The number of carbonyl (C=O) groups is 4. The molecule has 1 N–H and O–H groups in total. The molecule has 1 saturated heterocycles. The van der Waals surface area contributed by atoms with Gasteiger partial charge in [0.1, 0.15) is 6.54 Å². The molecular formula is C12H19N3O5. The first-order valence-electron chi connectivity index (χ1n) is 6.45. The molecule has 0 bridgehead atoms. The SMILES string of the molecule is CCCN1C(=O)C(=O)N(CC(=O)NCCCOC)C1=O. The van der Waals surface area contributed by atoms with Crippen LogP contribution in [0.4, 0.5) is 4.79 Å². The second kappa shape index (κ2) is 7.59. The Morgan fingerprint density at radius 2 is 1.85 bits per heavy atom. The molecule has 1 rings (SSSR count). The molecule has 1 aliphatic rings. The van der Waals surface area contributed by atoms with Crippen LogP contribution in [-0.4, -0.2) is 66.9 Å². The van der Waals surface area contributed by atoms with Gasteiger partial charge in [-0.1, -0.05) is 6.92 Å². The molecule has 0 saturated carbocycles. The van der Waals surface area contributed by atoms with Crippen molar-refractivity contribution in [3.05, 3.63) is 0 Å². The summed E-state index contributed by atoms with van der Waals surface area (Å²) in [5.41, 5.74) is 0. The number of nitrogens with one attached hydrogen (secondary N) is 1. The third-order valence-corrected chi connectivity index (χ3v) is 2.73. The van der Waals surface area contributed by atoms with Crippen molar-refractivity contribution < 1.29 is 23.9 Å². The summed E-state index contributed by atoms with van der Waals surface area (Å²) in [6.07, 6.45) is 1.19. The van der Waals surface area contributed by atoms with E-state index < -0.39 is 30.3 Å². The fourth-order valence-electron chi connectivity index (χ4n) is 1.75. The van der Waals surface area contributed by atoms with Gasteiger partial charge in [-0.05, 0) is 12.8 Å². The Balaban J connectivity index is 2.50. The maximum absolute atomic E-state index is 11.8. The molecule has 0 radical (unpaired) electrons. The van der Waals surface area contributed by atoms with Crippen LogP contribution in [0.15, 0.2) is 0 Å². The lowest BCUT2D eigenvalue weighted by Gasteiger charge is -2.14. The third kappa shape index (κ3) is 3.77. The molecule has 8 heteroatoms. The smallest absolute Gasteiger partial charge is 0.334 e. The average Bonchev–Trinajstić information content (AvgIpc) is 2.62. The lowest BCUT2D eigenvalue weighted by atomic mass is 10.4. The summed E-state index contributed by atoms with van der Waals surface area (Å²) in [6, 6.07) is -0.728. The molecule has 0 spiro atoms.